The predicted molar refractivity (Wildman–Crippen MR) is 69.9 cm³/mol. The Morgan fingerprint density at radius 1 is 0.778 bits per heavy atom. The first-order chi connectivity index (χ1) is 8.70. The van der Waals surface area contributed by atoms with Crippen LogP contribution >= 0.6 is 0 Å². The third-order valence-corrected chi connectivity index (χ3v) is 3.30. The summed E-state index contributed by atoms with van der Waals surface area (Å²) in [6.45, 7) is 1.74. The number of rotatable bonds is 0. The molecular formula is C14H14N2O2. The number of para-hydroxylation sites is 2. The van der Waals surface area contributed by atoms with Gasteiger partial charge in [0.2, 0.25) is 0 Å². The Morgan fingerprint density at radius 2 is 1.17 bits per heavy atom. The summed E-state index contributed by atoms with van der Waals surface area (Å²) in [6.07, 6.45) is -0.546. The summed E-state index contributed by atoms with van der Waals surface area (Å²) in [5.74, 6) is 0. The van der Waals surface area contributed by atoms with Gasteiger partial charge in [0.05, 0.1) is 11.4 Å². The molecule has 0 amide bonds. The van der Waals surface area contributed by atoms with E-state index in [2.05, 4.69) is 0 Å². The molecule has 4 heteroatoms. The average molecular weight is 242 g/mol. The van der Waals surface area contributed by atoms with Crippen molar-refractivity contribution in [2.75, 3.05) is 10.1 Å². The summed E-state index contributed by atoms with van der Waals surface area (Å²) in [7, 11) is 0. The van der Waals surface area contributed by atoms with Crippen molar-refractivity contribution in [3.63, 3.8) is 0 Å². The SMILES string of the molecule is CC1N(O)c2ccccc2-c2ccccc2N1O. The molecule has 0 saturated carbocycles. The van der Waals surface area contributed by atoms with Crippen LogP contribution in [0.25, 0.3) is 11.1 Å². The summed E-state index contributed by atoms with van der Waals surface area (Å²) >= 11 is 0. The Morgan fingerprint density at radius 3 is 1.61 bits per heavy atom. The molecule has 0 fully saturated rings. The second-order valence-corrected chi connectivity index (χ2v) is 4.36. The number of hydrogen-bond donors (Lipinski definition) is 2. The second-order valence-electron chi connectivity index (χ2n) is 4.36. The molecule has 18 heavy (non-hydrogen) atoms. The molecule has 2 N–H and O–H groups in total. The molecule has 1 heterocycles. The Labute approximate surface area is 105 Å². The van der Waals surface area contributed by atoms with Crippen molar-refractivity contribution in [2.24, 2.45) is 0 Å². The van der Waals surface area contributed by atoms with Crippen molar-refractivity contribution in [1.82, 2.24) is 0 Å². The van der Waals surface area contributed by atoms with E-state index in [1.54, 1.807) is 6.92 Å². The minimum absolute atomic E-state index is 0.546. The highest BCUT2D eigenvalue weighted by Crippen LogP contribution is 2.40. The van der Waals surface area contributed by atoms with Gasteiger partial charge in [-0.05, 0) is 19.1 Å². The second kappa shape index (κ2) is 4.01. The zero-order chi connectivity index (χ0) is 12.7. The number of anilines is 2. The number of hydrogen-bond acceptors (Lipinski definition) is 4. The van der Waals surface area contributed by atoms with E-state index in [0.717, 1.165) is 21.3 Å². The molecule has 92 valence electrons. The minimum atomic E-state index is -0.546. The van der Waals surface area contributed by atoms with Crippen LogP contribution in [0.2, 0.25) is 0 Å². The van der Waals surface area contributed by atoms with E-state index >= 15 is 0 Å². The zero-order valence-electron chi connectivity index (χ0n) is 9.99. The number of nitrogens with zero attached hydrogens (tertiary/aromatic N) is 2. The van der Waals surface area contributed by atoms with Gasteiger partial charge in [-0.15, -0.1) is 0 Å². The van der Waals surface area contributed by atoms with E-state index in [1.165, 1.54) is 0 Å². The van der Waals surface area contributed by atoms with Crippen molar-refractivity contribution in [1.29, 1.82) is 0 Å². The van der Waals surface area contributed by atoms with Gasteiger partial charge in [0.1, 0.15) is 6.17 Å². The summed E-state index contributed by atoms with van der Waals surface area (Å²) in [6, 6.07) is 15.1. The fourth-order valence-corrected chi connectivity index (χ4v) is 2.31. The van der Waals surface area contributed by atoms with E-state index < -0.39 is 6.17 Å². The van der Waals surface area contributed by atoms with E-state index in [0.29, 0.717) is 11.4 Å². The van der Waals surface area contributed by atoms with Crippen molar-refractivity contribution in [3.05, 3.63) is 48.5 Å². The third kappa shape index (κ3) is 1.47. The van der Waals surface area contributed by atoms with Gasteiger partial charge in [-0.3, -0.25) is 10.4 Å². The van der Waals surface area contributed by atoms with Gasteiger partial charge < -0.3 is 0 Å². The first kappa shape index (κ1) is 11.1. The standard InChI is InChI=1S/C14H14N2O2/c1-10-15(17)13-8-4-2-6-11(13)12-7-3-5-9-14(12)16(10)18/h2-10,17-18H,1H3. The van der Waals surface area contributed by atoms with Crippen molar-refractivity contribution < 1.29 is 10.4 Å². The zero-order valence-corrected chi connectivity index (χ0v) is 9.99. The topological polar surface area (TPSA) is 46.9 Å². The molecule has 1 aliphatic heterocycles. The van der Waals surface area contributed by atoms with Gasteiger partial charge in [-0.25, -0.2) is 10.1 Å². The maximum Gasteiger partial charge on any atom is 0.149 e. The lowest BCUT2D eigenvalue weighted by atomic mass is 10.0. The van der Waals surface area contributed by atoms with E-state index in [-0.39, 0.29) is 0 Å². The van der Waals surface area contributed by atoms with Gasteiger partial charge in [-0.1, -0.05) is 36.4 Å². The van der Waals surface area contributed by atoms with Crippen LogP contribution in [-0.2, 0) is 0 Å². The van der Waals surface area contributed by atoms with Crippen LogP contribution in [0.4, 0.5) is 11.4 Å². The molecule has 0 saturated heterocycles. The van der Waals surface area contributed by atoms with Gasteiger partial charge in [0, 0.05) is 11.1 Å². The number of benzene rings is 2. The van der Waals surface area contributed by atoms with Crippen molar-refractivity contribution in [2.45, 2.75) is 13.1 Å². The molecule has 0 unspecified atom stereocenters. The smallest absolute Gasteiger partial charge is 0.149 e. The first-order valence-electron chi connectivity index (χ1n) is 5.85. The lowest BCUT2D eigenvalue weighted by Gasteiger charge is -2.29. The molecule has 2 aromatic rings. The monoisotopic (exact) mass is 242 g/mol. The number of hydroxylamine groups is 2. The van der Waals surface area contributed by atoms with Crippen LogP contribution in [0.1, 0.15) is 6.92 Å². The molecule has 1 aliphatic rings. The van der Waals surface area contributed by atoms with Gasteiger partial charge in [-0.2, -0.15) is 0 Å². The first-order valence-corrected chi connectivity index (χ1v) is 5.85. The summed E-state index contributed by atoms with van der Waals surface area (Å²) in [5, 5.41) is 22.5. The molecule has 4 nitrogen and oxygen atoms in total. The molecule has 0 aromatic heterocycles. The lowest BCUT2D eigenvalue weighted by molar-refractivity contribution is 0.144. The summed E-state index contributed by atoms with van der Waals surface area (Å²) in [4.78, 5) is 0. The Bertz CT molecular complexity index is 534. The highest BCUT2D eigenvalue weighted by Gasteiger charge is 2.28. The van der Waals surface area contributed by atoms with Crippen molar-refractivity contribution >= 4 is 11.4 Å². The molecule has 2 aromatic carbocycles. The molecule has 0 aliphatic carbocycles. The Hall–Kier alpha value is -2.04. The van der Waals surface area contributed by atoms with Crippen molar-refractivity contribution in [3.8, 4) is 11.1 Å². The van der Waals surface area contributed by atoms with Gasteiger partial charge >= 0.3 is 0 Å². The van der Waals surface area contributed by atoms with Crippen LogP contribution in [0.15, 0.2) is 48.5 Å². The highest BCUT2D eigenvalue weighted by molar-refractivity contribution is 5.88. The van der Waals surface area contributed by atoms with E-state index in [9.17, 15) is 10.4 Å². The van der Waals surface area contributed by atoms with E-state index in [4.69, 9.17) is 0 Å². The fraction of sp³-hybridized carbons (Fsp3) is 0.143. The molecular weight excluding hydrogens is 228 g/mol. The Kier molecular flexibility index (Phi) is 2.47. The molecule has 0 radical (unpaired) electrons. The van der Waals surface area contributed by atoms with Crippen LogP contribution in [0, 0.1) is 0 Å². The van der Waals surface area contributed by atoms with E-state index in [1.807, 2.05) is 48.5 Å². The van der Waals surface area contributed by atoms with Crippen LogP contribution in [0.5, 0.6) is 0 Å². The lowest BCUT2D eigenvalue weighted by Crippen LogP contribution is -2.42. The van der Waals surface area contributed by atoms with Gasteiger partial charge in [0.15, 0.2) is 0 Å². The average Bonchev–Trinajstić information content (AvgIpc) is 2.51. The maximum absolute atomic E-state index is 10.2. The van der Waals surface area contributed by atoms with Gasteiger partial charge in [0.25, 0.3) is 0 Å². The Balaban J connectivity index is 2.33. The molecule has 0 spiro atoms. The molecule has 0 atom stereocenters. The molecule has 3 rings (SSSR count). The normalized spacial score (nSPS) is 15.1. The quantitative estimate of drug-likeness (QED) is 0.745. The number of fused-ring (bicyclic) bond motifs is 3. The third-order valence-electron chi connectivity index (χ3n) is 3.30. The highest BCUT2D eigenvalue weighted by atomic mass is 16.5. The maximum atomic E-state index is 10.2. The fourth-order valence-electron chi connectivity index (χ4n) is 2.31. The summed E-state index contributed by atoms with van der Waals surface area (Å²) < 4.78 is 0. The summed E-state index contributed by atoms with van der Waals surface area (Å²) in [5.41, 5.74) is 3.18. The minimum Gasteiger partial charge on any atom is -0.286 e. The predicted octanol–water partition coefficient (Wildman–Crippen LogP) is 3.10. The van der Waals surface area contributed by atoms with Crippen LogP contribution in [-0.4, -0.2) is 16.6 Å². The molecule has 0 bridgehead atoms. The van der Waals surface area contributed by atoms with Crippen LogP contribution in [0.3, 0.4) is 0 Å². The van der Waals surface area contributed by atoms with Crippen LogP contribution < -0.4 is 10.1 Å². The largest absolute Gasteiger partial charge is 0.286 e.